The number of halogens is 1. The highest BCUT2D eigenvalue weighted by atomic mass is 35.5. The molecule has 1 saturated carbocycles. The highest BCUT2D eigenvalue weighted by molar-refractivity contribution is 5.89. The summed E-state index contributed by atoms with van der Waals surface area (Å²) < 4.78 is 0. The van der Waals surface area contributed by atoms with Crippen molar-refractivity contribution < 1.29 is 4.79 Å². The van der Waals surface area contributed by atoms with Crippen molar-refractivity contribution in [2.45, 2.75) is 70.3 Å². The molecule has 1 saturated heterocycles. The van der Waals surface area contributed by atoms with E-state index in [1.54, 1.807) is 0 Å². The molecule has 0 aromatic heterocycles. The van der Waals surface area contributed by atoms with Gasteiger partial charge in [-0.25, -0.2) is 0 Å². The highest BCUT2D eigenvalue weighted by Crippen LogP contribution is 2.42. The molecule has 0 radical (unpaired) electrons. The lowest BCUT2D eigenvalue weighted by atomic mass is 9.77. The lowest BCUT2D eigenvalue weighted by Gasteiger charge is -2.35. The van der Waals surface area contributed by atoms with Crippen LogP contribution in [0.2, 0.25) is 0 Å². The standard InChI is InChI=1S/C21H32N2O.ClH/c1-15(2)17-6-8-18(9-7-17)21(11-4-5-12-21)20(24)23-19-10-13-22-14-16(19)3;/h6-9,15-16,19,22H,4-5,10-14H2,1-3H3,(H,23,24);1H. The van der Waals surface area contributed by atoms with Crippen molar-refractivity contribution in [2.75, 3.05) is 13.1 Å². The Hall–Kier alpha value is -1.06. The zero-order valence-corrected chi connectivity index (χ0v) is 16.6. The van der Waals surface area contributed by atoms with Crippen LogP contribution in [0.5, 0.6) is 0 Å². The van der Waals surface area contributed by atoms with Crippen LogP contribution in [0.15, 0.2) is 24.3 Å². The van der Waals surface area contributed by atoms with Crippen LogP contribution >= 0.6 is 12.4 Å². The first kappa shape index (κ1) is 20.3. The molecule has 4 heteroatoms. The van der Waals surface area contributed by atoms with Gasteiger partial charge in [0.1, 0.15) is 0 Å². The van der Waals surface area contributed by atoms with Gasteiger partial charge in [-0.3, -0.25) is 4.79 Å². The molecule has 2 aliphatic rings. The summed E-state index contributed by atoms with van der Waals surface area (Å²) in [5, 5.41) is 6.82. The Kier molecular flexibility index (Phi) is 6.93. The molecule has 2 unspecified atom stereocenters. The molecule has 25 heavy (non-hydrogen) atoms. The average molecular weight is 365 g/mol. The van der Waals surface area contributed by atoms with Crippen molar-refractivity contribution in [3.8, 4) is 0 Å². The van der Waals surface area contributed by atoms with Crippen molar-refractivity contribution in [1.82, 2.24) is 10.6 Å². The molecule has 1 aliphatic heterocycles. The number of amides is 1. The van der Waals surface area contributed by atoms with E-state index in [0.717, 1.165) is 45.2 Å². The van der Waals surface area contributed by atoms with Gasteiger partial charge in [-0.1, -0.05) is 57.9 Å². The SMILES string of the molecule is CC(C)c1ccc(C2(C(=O)NC3CCNCC3C)CCCC2)cc1.Cl. The number of carbonyl (C=O) groups is 1. The molecule has 140 valence electrons. The molecular weight excluding hydrogens is 332 g/mol. The molecule has 2 atom stereocenters. The van der Waals surface area contributed by atoms with Crippen molar-refractivity contribution in [3.63, 3.8) is 0 Å². The van der Waals surface area contributed by atoms with E-state index in [2.05, 4.69) is 55.7 Å². The number of piperidine rings is 1. The molecule has 3 rings (SSSR count). The Morgan fingerprint density at radius 2 is 1.84 bits per heavy atom. The average Bonchev–Trinajstić information content (AvgIpc) is 3.08. The van der Waals surface area contributed by atoms with Gasteiger partial charge in [-0.15, -0.1) is 12.4 Å². The van der Waals surface area contributed by atoms with E-state index in [9.17, 15) is 4.79 Å². The van der Waals surface area contributed by atoms with Gasteiger partial charge < -0.3 is 10.6 Å². The Morgan fingerprint density at radius 3 is 2.40 bits per heavy atom. The predicted octanol–water partition coefficient (Wildman–Crippen LogP) is 4.16. The second-order valence-corrected chi connectivity index (χ2v) is 8.12. The number of hydrogen-bond donors (Lipinski definition) is 2. The summed E-state index contributed by atoms with van der Waals surface area (Å²) in [6.07, 6.45) is 5.32. The Bertz CT molecular complexity index is 564. The molecule has 0 bridgehead atoms. The molecule has 1 aromatic rings. The molecule has 0 spiro atoms. The molecule has 1 amide bonds. The fourth-order valence-corrected chi connectivity index (χ4v) is 4.35. The molecular formula is C21H33ClN2O. The molecule has 3 nitrogen and oxygen atoms in total. The van der Waals surface area contributed by atoms with Crippen LogP contribution in [0.1, 0.15) is 69.9 Å². The van der Waals surface area contributed by atoms with Crippen molar-refractivity contribution in [2.24, 2.45) is 5.92 Å². The second kappa shape index (κ2) is 8.55. The molecule has 1 aromatic carbocycles. The van der Waals surface area contributed by atoms with E-state index < -0.39 is 0 Å². The smallest absolute Gasteiger partial charge is 0.230 e. The third-order valence-electron chi connectivity index (χ3n) is 6.12. The summed E-state index contributed by atoms with van der Waals surface area (Å²) in [4.78, 5) is 13.3. The van der Waals surface area contributed by atoms with Crippen molar-refractivity contribution in [3.05, 3.63) is 35.4 Å². The van der Waals surface area contributed by atoms with E-state index in [1.807, 2.05) is 0 Å². The van der Waals surface area contributed by atoms with E-state index >= 15 is 0 Å². The monoisotopic (exact) mass is 364 g/mol. The van der Waals surface area contributed by atoms with E-state index in [1.165, 1.54) is 11.1 Å². The van der Waals surface area contributed by atoms with Crippen LogP contribution in [0.25, 0.3) is 0 Å². The first-order valence-electron chi connectivity index (χ1n) is 9.65. The van der Waals surface area contributed by atoms with Crippen LogP contribution in [0.3, 0.4) is 0 Å². The Labute approximate surface area is 158 Å². The number of benzene rings is 1. The second-order valence-electron chi connectivity index (χ2n) is 8.12. The number of carbonyl (C=O) groups excluding carboxylic acids is 1. The minimum Gasteiger partial charge on any atom is -0.352 e. The minimum absolute atomic E-state index is 0. The summed E-state index contributed by atoms with van der Waals surface area (Å²) in [5.41, 5.74) is 2.25. The van der Waals surface area contributed by atoms with Gasteiger partial charge in [0.25, 0.3) is 0 Å². The van der Waals surface area contributed by atoms with Gasteiger partial charge in [0.2, 0.25) is 5.91 Å². The van der Waals surface area contributed by atoms with Crippen molar-refractivity contribution in [1.29, 1.82) is 0 Å². The zero-order valence-electron chi connectivity index (χ0n) is 15.8. The lowest BCUT2D eigenvalue weighted by molar-refractivity contribution is -0.127. The lowest BCUT2D eigenvalue weighted by Crippen LogP contribution is -2.53. The van der Waals surface area contributed by atoms with Gasteiger partial charge >= 0.3 is 0 Å². The largest absolute Gasteiger partial charge is 0.352 e. The summed E-state index contributed by atoms with van der Waals surface area (Å²) in [6.45, 7) is 8.67. The van der Waals surface area contributed by atoms with E-state index in [0.29, 0.717) is 17.9 Å². The first-order chi connectivity index (χ1) is 11.5. The number of nitrogens with one attached hydrogen (secondary N) is 2. The van der Waals surface area contributed by atoms with Crippen molar-refractivity contribution >= 4 is 18.3 Å². The van der Waals surface area contributed by atoms with Crippen LogP contribution in [-0.2, 0) is 10.2 Å². The third-order valence-corrected chi connectivity index (χ3v) is 6.12. The molecule has 2 N–H and O–H groups in total. The topological polar surface area (TPSA) is 41.1 Å². The Balaban J connectivity index is 0.00000225. The maximum absolute atomic E-state index is 13.3. The maximum Gasteiger partial charge on any atom is 0.230 e. The summed E-state index contributed by atoms with van der Waals surface area (Å²) >= 11 is 0. The Morgan fingerprint density at radius 1 is 1.20 bits per heavy atom. The van der Waals surface area contributed by atoms with Gasteiger partial charge in [0.15, 0.2) is 0 Å². The van der Waals surface area contributed by atoms with Gasteiger partial charge in [-0.05, 0) is 55.3 Å². The zero-order chi connectivity index (χ0) is 17.2. The number of hydrogen-bond acceptors (Lipinski definition) is 2. The number of rotatable bonds is 4. The fourth-order valence-electron chi connectivity index (χ4n) is 4.35. The van der Waals surface area contributed by atoms with Crippen LogP contribution in [-0.4, -0.2) is 25.0 Å². The van der Waals surface area contributed by atoms with E-state index in [-0.39, 0.29) is 23.7 Å². The fraction of sp³-hybridized carbons (Fsp3) is 0.667. The molecule has 1 heterocycles. The predicted molar refractivity (Wildman–Crippen MR) is 107 cm³/mol. The third kappa shape index (κ3) is 4.20. The highest BCUT2D eigenvalue weighted by Gasteiger charge is 2.43. The summed E-state index contributed by atoms with van der Waals surface area (Å²) in [6, 6.07) is 9.13. The maximum atomic E-state index is 13.3. The van der Waals surface area contributed by atoms with E-state index in [4.69, 9.17) is 0 Å². The minimum atomic E-state index is -0.305. The van der Waals surface area contributed by atoms with Gasteiger partial charge in [0, 0.05) is 6.04 Å². The van der Waals surface area contributed by atoms with Crippen LogP contribution < -0.4 is 10.6 Å². The summed E-state index contributed by atoms with van der Waals surface area (Å²) in [7, 11) is 0. The quantitative estimate of drug-likeness (QED) is 0.842. The van der Waals surface area contributed by atoms with Gasteiger partial charge in [-0.2, -0.15) is 0 Å². The first-order valence-corrected chi connectivity index (χ1v) is 9.65. The van der Waals surface area contributed by atoms with Gasteiger partial charge in [0.05, 0.1) is 5.41 Å². The molecule has 1 aliphatic carbocycles. The summed E-state index contributed by atoms with van der Waals surface area (Å²) in [5.74, 6) is 1.29. The normalized spacial score (nSPS) is 25.4. The van der Waals surface area contributed by atoms with Crippen LogP contribution in [0.4, 0.5) is 0 Å². The van der Waals surface area contributed by atoms with Crippen LogP contribution in [0, 0.1) is 5.92 Å². The molecule has 2 fully saturated rings.